The van der Waals surface area contributed by atoms with Crippen LogP contribution in [0.5, 0.6) is 0 Å². The Hall–Kier alpha value is -1.75. The first-order valence-corrected chi connectivity index (χ1v) is 9.51. The van der Waals surface area contributed by atoms with Crippen LogP contribution in [0.1, 0.15) is 11.1 Å². The predicted octanol–water partition coefficient (Wildman–Crippen LogP) is 6.04. The lowest BCUT2D eigenvalue weighted by atomic mass is 10.1. The number of allylic oxidation sites excluding steroid dienone is 1. The summed E-state index contributed by atoms with van der Waals surface area (Å²) in [5.74, 6) is 1.46. The molecule has 25 heavy (non-hydrogen) atoms. The maximum Gasteiger partial charge on any atom is 0.192 e. The molecule has 0 saturated heterocycles. The minimum absolute atomic E-state index is 0.627. The molecule has 0 amide bonds. The summed E-state index contributed by atoms with van der Waals surface area (Å²) in [6.07, 6.45) is 1.84. The van der Waals surface area contributed by atoms with E-state index in [9.17, 15) is 0 Å². The highest BCUT2D eigenvalue weighted by Crippen LogP contribution is 2.32. The van der Waals surface area contributed by atoms with Crippen molar-refractivity contribution in [2.24, 2.45) is 0 Å². The average Bonchev–Trinajstić information content (AvgIpc) is 2.98. The van der Waals surface area contributed by atoms with Crippen LogP contribution >= 0.6 is 35.0 Å². The fourth-order valence-corrected chi connectivity index (χ4v) is 4.18. The second-order valence-corrected chi connectivity index (χ2v) is 7.32. The van der Waals surface area contributed by atoms with Gasteiger partial charge in [-0.15, -0.1) is 16.8 Å². The monoisotopic (exact) mass is 389 g/mol. The van der Waals surface area contributed by atoms with Crippen LogP contribution in [0.25, 0.3) is 11.4 Å². The van der Waals surface area contributed by atoms with Crippen molar-refractivity contribution in [2.45, 2.75) is 24.4 Å². The van der Waals surface area contributed by atoms with Gasteiger partial charge in [0.1, 0.15) is 0 Å². The van der Waals surface area contributed by atoms with Crippen LogP contribution in [0.15, 0.2) is 60.3 Å². The Morgan fingerprint density at radius 2 is 1.84 bits per heavy atom. The molecule has 1 heterocycles. The molecule has 0 spiro atoms. The minimum atomic E-state index is 0.627. The van der Waals surface area contributed by atoms with E-state index in [1.807, 2.05) is 36.4 Å². The Morgan fingerprint density at radius 1 is 1.12 bits per heavy atom. The van der Waals surface area contributed by atoms with Crippen molar-refractivity contribution in [3.05, 3.63) is 76.3 Å². The standard InChI is InChI=1S/C19H17Cl2N3S/c1-3-10-24-18(14-7-4-6-13(2)11-14)22-23-19(24)25-12-15-16(20)8-5-9-17(15)21/h3-9,11H,1,10,12H2,2H3. The fraction of sp³-hybridized carbons (Fsp3) is 0.158. The number of rotatable bonds is 6. The molecule has 128 valence electrons. The number of hydrogen-bond donors (Lipinski definition) is 0. The van der Waals surface area contributed by atoms with E-state index in [1.54, 1.807) is 11.8 Å². The van der Waals surface area contributed by atoms with E-state index < -0.39 is 0 Å². The third-order valence-electron chi connectivity index (χ3n) is 3.71. The maximum atomic E-state index is 6.26. The van der Waals surface area contributed by atoms with Gasteiger partial charge in [-0.05, 0) is 30.7 Å². The molecule has 0 saturated carbocycles. The molecule has 0 aliphatic rings. The van der Waals surface area contributed by atoms with Gasteiger partial charge in [0, 0.05) is 27.9 Å². The number of benzene rings is 2. The summed E-state index contributed by atoms with van der Waals surface area (Å²) in [6.45, 7) is 6.54. The van der Waals surface area contributed by atoms with Crippen molar-refractivity contribution in [1.29, 1.82) is 0 Å². The van der Waals surface area contributed by atoms with E-state index in [2.05, 4.69) is 40.4 Å². The van der Waals surface area contributed by atoms with Crippen molar-refractivity contribution in [2.75, 3.05) is 0 Å². The normalized spacial score (nSPS) is 10.8. The molecule has 3 rings (SSSR count). The first-order valence-electron chi connectivity index (χ1n) is 7.77. The van der Waals surface area contributed by atoms with E-state index in [1.165, 1.54) is 5.56 Å². The van der Waals surface area contributed by atoms with Gasteiger partial charge in [-0.2, -0.15) is 0 Å². The van der Waals surface area contributed by atoms with Gasteiger partial charge in [0.2, 0.25) is 0 Å². The summed E-state index contributed by atoms with van der Waals surface area (Å²) in [5.41, 5.74) is 3.13. The molecule has 3 aromatic rings. The van der Waals surface area contributed by atoms with Gasteiger partial charge in [0.15, 0.2) is 11.0 Å². The molecule has 6 heteroatoms. The zero-order chi connectivity index (χ0) is 17.8. The van der Waals surface area contributed by atoms with Crippen LogP contribution in [0.4, 0.5) is 0 Å². The number of nitrogens with zero attached hydrogens (tertiary/aromatic N) is 3. The molecule has 2 aromatic carbocycles. The molecule has 3 nitrogen and oxygen atoms in total. The fourth-order valence-electron chi connectivity index (χ4n) is 2.49. The number of halogens is 2. The van der Waals surface area contributed by atoms with Crippen LogP contribution in [-0.2, 0) is 12.3 Å². The third-order valence-corrected chi connectivity index (χ3v) is 5.41. The molecule has 0 atom stereocenters. The minimum Gasteiger partial charge on any atom is -0.298 e. The highest BCUT2D eigenvalue weighted by molar-refractivity contribution is 7.98. The summed E-state index contributed by atoms with van der Waals surface area (Å²) < 4.78 is 2.05. The van der Waals surface area contributed by atoms with Gasteiger partial charge in [0.25, 0.3) is 0 Å². The third kappa shape index (κ3) is 4.09. The summed E-state index contributed by atoms with van der Waals surface area (Å²) in [7, 11) is 0. The van der Waals surface area contributed by atoms with E-state index >= 15 is 0 Å². The van der Waals surface area contributed by atoms with Crippen LogP contribution in [0, 0.1) is 6.92 Å². The molecular weight excluding hydrogens is 373 g/mol. The van der Waals surface area contributed by atoms with E-state index in [0.29, 0.717) is 22.3 Å². The van der Waals surface area contributed by atoms with Crippen LogP contribution in [-0.4, -0.2) is 14.8 Å². The highest BCUT2D eigenvalue weighted by atomic mass is 35.5. The van der Waals surface area contributed by atoms with E-state index in [-0.39, 0.29) is 0 Å². The van der Waals surface area contributed by atoms with Crippen molar-refractivity contribution >= 4 is 35.0 Å². The zero-order valence-electron chi connectivity index (χ0n) is 13.7. The molecule has 0 aliphatic heterocycles. The smallest absolute Gasteiger partial charge is 0.192 e. The average molecular weight is 390 g/mol. The van der Waals surface area contributed by atoms with Gasteiger partial charge >= 0.3 is 0 Å². The van der Waals surface area contributed by atoms with Crippen molar-refractivity contribution in [3.8, 4) is 11.4 Å². The largest absolute Gasteiger partial charge is 0.298 e. The van der Waals surface area contributed by atoms with Gasteiger partial charge in [0.05, 0.1) is 0 Å². The van der Waals surface area contributed by atoms with E-state index in [4.69, 9.17) is 23.2 Å². The molecule has 0 fully saturated rings. The summed E-state index contributed by atoms with van der Waals surface area (Å²) in [6, 6.07) is 13.8. The number of aromatic nitrogens is 3. The Labute approximate surface area is 161 Å². The Balaban J connectivity index is 1.91. The second-order valence-electron chi connectivity index (χ2n) is 5.56. The molecule has 0 aliphatic carbocycles. The van der Waals surface area contributed by atoms with Crippen molar-refractivity contribution in [3.63, 3.8) is 0 Å². The molecule has 0 radical (unpaired) electrons. The lowest BCUT2D eigenvalue weighted by Crippen LogP contribution is -2.01. The summed E-state index contributed by atoms with van der Waals surface area (Å²) >= 11 is 14.1. The molecule has 0 unspecified atom stereocenters. The lowest BCUT2D eigenvalue weighted by molar-refractivity contribution is 0.731. The Kier molecular flexibility index (Phi) is 5.84. The van der Waals surface area contributed by atoms with Crippen LogP contribution < -0.4 is 0 Å². The maximum absolute atomic E-state index is 6.26. The predicted molar refractivity (Wildman–Crippen MR) is 106 cm³/mol. The highest BCUT2D eigenvalue weighted by Gasteiger charge is 2.15. The Bertz CT molecular complexity index is 885. The van der Waals surface area contributed by atoms with Crippen molar-refractivity contribution < 1.29 is 0 Å². The number of thioether (sulfide) groups is 1. The molecule has 0 bridgehead atoms. The molecule has 0 N–H and O–H groups in total. The zero-order valence-corrected chi connectivity index (χ0v) is 16.1. The van der Waals surface area contributed by atoms with Crippen molar-refractivity contribution in [1.82, 2.24) is 14.8 Å². The summed E-state index contributed by atoms with van der Waals surface area (Å²) in [5, 5.41) is 10.9. The van der Waals surface area contributed by atoms with Gasteiger partial charge in [-0.3, -0.25) is 4.57 Å². The topological polar surface area (TPSA) is 30.7 Å². The summed E-state index contributed by atoms with van der Waals surface area (Å²) in [4.78, 5) is 0. The van der Waals surface area contributed by atoms with Gasteiger partial charge in [-0.1, -0.05) is 70.9 Å². The van der Waals surface area contributed by atoms with E-state index in [0.717, 1.165) is 22.1 Å². The first-order chi connectivity index (χ1) is 12.1. The second kappa shape index (κ2) is 8.09. The van der Waals surface area contributed by atoms with Gasteiger partial charge in [-0.25, -0.2) is 0 Å². The Morgan fingerprint density at radius 3 is 2.52 bits per heavy atom. The molecule has 1 aromatic heterocycles. The number of aryl methyl sites for hydroxylation is 1. The van der Waals surface area contributed by atoms with Crippen LogP contribution in [0.3, 0.4) is 0 Å². The quantitative estimate of drug-likeness (QED) is 0.380. The first kappa shape index (κ1) is 18.1. The van der Waals surface area contributed by atoms with Gasteiger partial charge < -0.3 is 0 Å². The lowest BCUT2D eigenvalue weighted by Gasteiger charge is -2.09. The number of hydrogen-bond acceptors (Lipinski definition) is 3. The van der Waals surface area contributed by atoms with Crippen LogP contribution in [0.2, 0.25) is 10.0 Å². The SMILES string of the molecule is C=CCn1c(SCc2c(Cl)cccc2Cl)nnc1-c1cccc(C)c1. The molecular formula is C19H17Cl2N3S.